The van der Waals surface area contributed by atoms with E-state index in [0.717, 1.165) is 9.52 Å². The predicted molar refractivity (Wildman–Crippen MR) is 30.1 cm³/mol. The van der Waals surface area contributed by atoms with Crippen LogP contribution in [0.4, 0.5) is 0 Å². The normalized spacial score (nSPS) is 4.00. The summed E-state index contributed by atoms with van der Waals surface area (Å²) in [5.41, 5.74) is 0. The van der Waals surface area contributed by atoms with Crippen molar-refractivity contribution in [1.82, 2.24) is 0 Å². The molecule has 6 heavy (non-hydrogen) atoms. The van der Waals surface area contributed by atoms with Gasteiger partial charge in [0.15, 0.2) is 0 Å². The van der Waals surface area contributed by atoms with Crippen molar-refractivity contribution in [2.24, 2.45) is 0 Å². The van der Waals surface area contributed by atoms with E-state index in [1.54, 1.807) is 0 Å². The van der Waals surface area contributed by atoms with E-state index in [4.69, 9.17) is 0 Å². The van der Waals surface area contributed by atoms with Crippen LogP contribution >= 0.6 is 11.6 Å². The van der Waals surface area contributed by atoms with Gasteiger partial charge in [-0.25, -0.2) is 0 Å². The molecule has 0 N–H and O–H groups in total. The molecule has 37 valence electrons. The molecule has 0 nitrogen and oxygen atoms in total. The van der Waals surface area contributed by atoms with Gasteiger partial charge < -0.3 is 11.6 Å². The summed E-state index contributed by atoms with van der Waals surface area (Å²) < 4.78 is 0. The SMILES string of the molecule is C[SiH]C.[CH2-]Cl.[Ti]. The van der Waals surface area contributed by atoms with E-state index >= 15 is 0 Å². The Hall–Kier alpha value is 1.22. The molecule has 0 amide bonds. The molecule has 0 bridgehead atoms. The van der Waals surface area contributed by atoms with Gasteiger partial charge in [-0.2, -0.15) is 0 Å². The fraction of sp³-hybridized carbons (Fsp3) is 0.667. The molecular formula is C3H9ClSiTi-. The van der Waals surface area contributed by atoms with Crippen molar-refractivity contribution in [1.29, 1.82) is 0 Å². The Bertz CT molecular complexity index is 10.8. The fourth-order valence-electron chi connectivity index (χ4n) is 0. The topological polar surface area (TPSA) is 0 Å². The maximum absolute atomic E-state index is 4.39. The Morgan fingerprint density at radius 3 is 1.33 bits per heavy atom. The minimum atomic E-state index is 0. The molecular weight excluding hydrogens is 147 g/mol. The van der Waals surface area contributed by atoms with Crippen LogP contribution in [0.1, 0.15) is 0 Å². The first-order chi connectivity index (χ1) is 2.41. The largest absolute Gasteiger partial charge is 0.352 e. The zero-order chi connectivity index (χ0) is 4.71. The van der Waals surface area contributed by atoms with Crippen molar-refractivity contribution < 1.29 is 21.7 Å². The van der Waals surface area contributed by atoms with Crippen molar-refractivity contribution in [2.45, 2.75) is 13.1 Å². The average Bonchev–Trinajstić information content (AvgIpc) is 1.46. The molecule has 0 unspecified atom stereocenters. The standard InChI is InChI=1S/C2H7Si.CH2Cl.Ti/c1-3-2;1-2;/h3H,1-2H3;1H2;/q;-1;. The number of hydrogen-bond acceptors (Lipinski definition) is 0. The summed E-state index contributed by atoms with van der Waals surface area (Å²) in [5.74, 6) is 0. The smallest absolute Gasteiger partial charge is 0.0213 e. The predicted octanol–water partition coefficient (Wildman–Crippen LogP) is 1.53. The summed E-state index contributed by atoms with van der Waals surface area (Å²) in [6.45, 7) is 4.42. The summed E-state index contributed by atoms with van der Waals surface area (Å²) in [7, 11) is 0.750. The first kappa shape index (κ1) is 15.7. The van der Waals surface area contributed by atoms with Crippen LogP contribution in [-0.4, -0.2) is 9.52 Å². The van der Waals surface area contributed by atoms with Gasteiger partial charge in [0.2, 0.25) is 0 Å². The summed E-state index contributed by atoms with van der Waals surface area (Å²) in [6, 6.07) is 0. The third-order valence-electron chi connectivity index (χ3n) is 0. The molecule has 0 aliphatic heterocycles. The van der Waals surface area contributed by atoms with Gasteiger partial charge in [-0.05, 0) is 0 Å². The van der Waals surface area contributed by atoms with E-state index in [1.807, 2.05) is 0 Å². The monoisotopic (exact) mass is 156 g/mol. The Kier molecular flexibility index (Phi) is 89.9. The molecule has 0 saturated carbocycles. The zero-order valence-electron chi connectivity index (χ0n) is 4.16. The molecule has 0 aromatic heterocycles. The molecule has 0 aliphatic carbocycles. The van der Waals surface area contributed by atoms with Crippen LogP contribution in [0.25, 0.3) is 0 Å². The number of halogens is 1. The quantitative estimate of drug-likeness (QED) is 0.369. The van der Waals surface area contributed by atoms with Gasteiger partial charge in [0.05, 0.1) is 0 Å². The van der Waals surface area contributed by atoms with Crippen LogP contribution in [0, 0.1) is 6.38 Å². The first-order valence-corrected chi connectivity index (χ1v) is 4.27. The van der Waals surface area contributed by atoms with Crippen molar-refractivity contribution in [2.75, 3.05) is 0 Å². The van der Waals surface area contributed by atoms with E-state index in [9.17, 15) is 0 Å². The second kappa shape index (κ2) is 34.4. The molecule has 0 rings (SSSR count). The van der Waals surface area contributed by atoms with Crippen LogP contribution in [0.15, 0.2) is 0 Å². The number of hydrogen-bond donors (Lipinski definition) is 0. The molecule has 0 heterocycles. The molecule has 0 atom stereocenters. The minimum absolute atomic E-state index is 0. The Morgan fingerprint density at radius 2 is 1.33 bits per heavy atom. The van der Waals surface area contributed by atoms with E-state index < -0.39 is 0 Å². The maximum atomic E-state index is 4.39. The van der Waals surface area contributed by atoms with Gasteiger partial charge in [-0.15, -0.1) is 0 Å². The summed E-state index contributed by atoms with van der Waals surface area (Å²) in [4.78, 5) is 0. The maximum Gasteiger partial charge on any atom is 0.0213 e. The van der Waals surface area contributed by atoms with Gasteiger partial charge in [0.1, 0.15) is 0 Å². The van der Waals surface area contributed by atoms with Crippen LogP contribution in [0.3, 0.4) is 0 Å². The molecule has 0 aromatic rings. The van der Waals surface area contributed by atoms with Crippen LogP contribution in [0.2, 0.25) is 13.1 Å². The van der Waals surface area contributed by atoms with Gasteiger partial charge in [-0.3, -0.25) is 6.38 Å². The Morgan fingerprint density at radius 1 is 1.33 bits per heavy atom. The third-order valence-corrected chi connectivity index (χ3v) is 0. The van der Waals surface area contributed by atoms with Gasteiger partial charge >= 0.3 is 0 Å². The Balaban J connectivity index is -0.0000000275. The summed E-state index contributed by atoms with van der Waals surface area (Å²) in [6.07, 6.45) is 2.72. The van der Waals surface area contributed by atoms with Crippen molar-refractivity contribution in [3.8, 4) is 0 Å². The van der Waals surface area contributed by atoms with Crippen molar-refractivity contribution >= 4 is 21.1 Å². The van der Waals surface area contributed by atoms with Crippen molar-refractivity contribution in [3.05, 3.63) is 6.38 Å². The van der Waals surface area contributed by atoms with Crippen LogP contribution < -0.4 is 0 Å². The second-order valence-electron chi connectivity index (χ2n) is 0.577. The molecule has 0 saturated heterocycles. The molecule has 0 fully saturated rings. The zero-order valence-corrected chi connectivity index (χ0v) is 7.63. The Labute approximate surface area is 62.4 Å². The van der Waals surface area contributed by atoms with E-state index in [2.05, 4.69) is 31.1 Å². The minimum Gasteiger partial charge on any atom is -0.352 e. The van der Waals surface area contributed by atoms with Crippen molar-refractivity contribution in [3.63, 3.8) is 0 Å². The van der Waals surface area contributed by atoms with Crippen LogP contribution in [-0.2, 0) is 21.7 Å². The fourth-order valence-corrected chi connectivity index (χ4v) is 0. The van der Waals surface area contributed by atoms with E-state index in [-0.39, 0.29) is 21.7 Å². The molecule has 0 spiro atoms. The third kappa shape index (κ3) is 62.4. The molecule has 0 aliphatic rings. The number of rotatable bonds is 0. The first-order valence-electron chi connectivity index (χ1n) is 1.42. The van der Waals surface area contributed by atoms with E-state index in [0.29, 0.717) is 0 Å². The van der Waals surface area contributed by atoms with Gasteiger partial charge in [-0.1, -0.05) is 13.1 Å². The summed E-state index contributed by atoms with van der Waals surface area (Å²) >= 11 is 4.39. The molecule has 0 aromatic carbocycles. The van der Waals surface area contributed by atoms with Crippen LogP contribution in [0.5, 0.6) is 0 Å². The average molecular weight is 157 g/mol. The van der Waals surface area contributed by atoms with Gasteiger partial charge in [0.25, 0.3) is 0 Å². The molecule has 3 heteroatoms. The van der Waals surface area contributed by atoms with Gasteiger partial charge in [0, 0.05) is 31.2 Å². The molecule has 1 radical (unpaired) electrons. The second-order valence-corrected chi connectivity index (χ2v) is 1.73. The summed E-state index contributed by atoms with van der Waals surface area (Å²) in [5, 5.41) is 0. The van der Waals surface area contributed by atoms with E-state index in [1.165, 1.54) is 0 Å².